The summed E-state index contributed by atoms with van der Waals surface area (Å²) in [4.78, 5) is 14.0. The number of nitrogens with zero attached hydrogens (tertiary/aromatic N) is 1. The van der Waals surface area contributed by atoms with E-state index in [2.05, 4.69) is 24.2 Å². The van der Waals surface area contributed by atoms with Crippen molar-refractivity contribution in [3.05, 3.63) is 0 Å². The Hall–Kier alpha value is -0.610. The van der Waals surface area contributed by atoms with Gasteiger partial charge >= 0.3 is 5.97 Å². The van der Waals surface area contributed by atoms with E-state index in [4.69, 9.17) is 4.74 Å². The van der Waals surface area contributed by atoms with Crippen LogP contribution in [-0.2, 0) is 9.53 Å². The maximum Gasteiger partial charge on any atom is 0.326 e. The zero-order valence-corrected chi connectivity index (χ0v) is 11.3. The van der Waals surface area contributed by atoms with Gasteiger partial charge in [0.1, 0.15) is 5.54 Å². The first-order valence-electron chi connectivity index (χ1n) is 6.04. The Labute approximate surface area is 99.3 Å². The Morgan fingerprint density at radius 3 is 2.50 bits per heavy atom. The summed E-state index contributed by atoms with van der Waals surface area (Å²) in [5.74, 6) is -0.156. The fraction of sp³-hybridized carbons (Fsp3) is 0.917. The van der Waals surface area contributed by atoms with E-state index in [1.807, 2.05) is 13.8 Å². The molecule has 0 aromatic rings. The first-order chi connectivity index (χ1) is 7.50. The molecule has 0 bridgehead atoms. The van der Waals surface area contributed by atoms with Crippen molar-refractivity contribution in [1.29, 1.82) is 0 Å². The van der Waals surface area contributed by atoms with Crippen molar-refractivity contribution in [2.45, 2.75) is 39.2 Å². The van der Waals surface area contributed by atoms with E-state index in [1.54, 1.807) is 7.05 Å². The number of esters is 1. The average Bonchev–Trinajstić information content (AvgIpc) is 2.28. The lowest BCUT2D eigenvalue weighted by atomic mass is 9.96. The van der Waals surface area contributed by atoms with Crippen LogP contribution in [0.25, 0.3) is 0 Å². The zero-order valence-electron chi connectivity index (χ0n) is 11.3. The van der Waals surface area contributed by atoms with E-state index >= 15 is 0 Å². The second kappa shape index (κ2) is 7.63. The smallest absolute Gasteiger partial charge is 0.326 e. The number of carbonyl (C=O) groups is 1. The summed E-state index contributed by atoms with van der Waals surface area (Å²) in [7, 11) is 3.89. The fourth-order valence-electron chi connectivity index (χ4n) is 1.48. The van der Waals surface area contributed by atoms with Crippen molar-refractivity contribution >= 4 is 5.97 Å². The highest BCUT2D eigenvalue weighted by molar-refractivity contribution is 5.80. The second-order valence-electron chi connectivity index (χ2n) is 4.30. The molecule has 1 atom stereocenters. The van der Waals surface area contributed by atoms with Crippen LogP contribution >= 0.6 is 0 Å². The molecule has 4 nitrogen and oxygen atoms in total. The maximum absolute atomic E-state index is 11.7. The Morgan fingerprint density at radius 1 is 1.44 bits per heavy atom. The third-order valence-electron chi connectivity index (χ3n) is 3.03. The summed E-state index contributed by atoms with van der Waals surface area (Å²) in [6.45, 7) is 8.34. The molecule has 0 aromatic carbocycles. The van der Waals surface area contributed by atoms with Crippen molar-refractivity contribution in [3.8, 4) is 0 Å². The zero-order chi connectivity index (χ0) is 12.6. The molecule has 0 aromatic heterocycles. The van der Waals surface area contributed by atoms with Crippen LogP contribution < -0.4 is 5.32 Å². The number of ether oxygens (including phenoxy) is 1. The number of carbonyl (C=O) groups excluding carboxylic acids is 1. The lowest BCUT2D eigenvalue weighted by Crippen LogP contribution is -2.49. The molecular formula is C12H26N2O2. The van der Waals surface area contributed by atoms with E-state index < -0.39 is 5.54 Å². The van der Waals surface area contributed by atoms with Crippen LogP contribution in [0.15, 0.2) is 0 Å². The SMILES string of the molecule is CCOC(=O)C(C)(CCCN(C)CC)NC. The number of likely N-dealkylation sites (N-methyl/N-ethyl adjacent to an activating group) is 1. The predicted octanol–water partition coefficient (Wildman–Crippen LogP) is 1.26. The molecule has 0 amide bonds. The van der Waals surface area contributed by atoms with Gasteiger partial charge in [-0.15, -0.1) is 0 Å². The van der Waals surface area contributed by atoms with E-state index in [0.29, 0.717) is 6.61 Å². The Morgan fingerprint density at radius 2 is 2.06 bits per heavy atom. The van der Waals surface area contributed by atoms with Crippen LogP contribution in [-0.4, -0.2) is 50.2 Å². The molecule has 0 aliphatic carbocycles. The third-order valence-corrected chi connectivity index (χ3v) is 3.03. The largest absolute Gasteiger partial charge is 0.465 e. The molecule has 96 valence electrons. The summed E-state index contributed by atoms with van der Waals surface area (Å²) in [5.41, 5.74) is -0.551. The molecule has 0 fully saturated rings. The van der Waals surface area contributed by atoms with Gasteiger partial charge in [0, 0.05) is 0 Å². The molecule has 0 saturated carbocycles. The molecule has 0 rings (SSSR count). The number of nitrogens with one attached hydrogen (secondary N) is 1. The van der Waals surface area contributed by atoms with Gasteiger partial charge in [0.05, 0.1) is 6.61 Å². The van der Waals surface area contributed by atoms with Gasteiger partial charge < -0.3 is 15.0 Å². The van der Waals surface area contributed by atoms with Crippen LogP contribution in [0.4, 0.5) is 0 Å². The Balaban J connectivity index is 4.11. The van der Waals surface area contributed by atoms with Crippen LogP contribution in [0.2, 0.25) is 0 Å². The van der Waals surface area contributed by atoms with Gasteiger partial charge in [0.15, 0.2) is 0 Å². The van der Waals surface area contributed by atoms with Crippen LogP contribution in [0.5, 0.6) is 0 Å². The van der Waals surface area contributed by atoms with E-state index in [9.17, 15) is 4.79 Å². The summed E-state index contributed by atoms with van der Waals surface area (Å²) in [6.07, 6.45) is 1.78. The van der Waals surface area contributed by atoms with E-state index in [-0.39, 0.29) is 5.97 Å². The minimum atomic E-state index is -0.551. The predicted molar refractivity (Wildman–Crippen MR) is 66.5 cm³/mol. The highest BCUT2D eigenvalue weighted by Gasteiger charge is 2.32. The quantitative estimate of drug-likeness (QED) is 0.637. The summed E-state index contributed by atoms with van der Waals surface area (Å²) in [6, 6.07) is 0. The lowest BCUT2D eigenvalue weighted by molar-refractivity contribution is -0.150. The number of hydrogen-bond donors (Lipinski definition) is 1. The van der Waals surface area contributed by atoms with E-state index in [1.165, 1.54) is 0 Å². The van der Waals surface area contributed by atoms with E-state index in [0.717, 1.165) is 25.9 Å². The standard InChI is InChI=1S/C12H26N2O2/c1-6-14(5)10-8-9-12(3,13-4)11(15)16-7-2/h13H,6-10H2,1-5H3. The Bertz CT molecular complexity index is 209. The molecule has 1 N–H and O–H groups in total. The number of hydrogen-bond acceptors (Lipinski definition) is 4. The second-order valence-corrected chi connectivity index (χ2v) is 4.30. The topological polar surface area (TPSA) is 41.6 Å². The van der Waals surface area contributed by atoms with Gasteiger partial charge in [-0.05, 0) is 53.9 Å². The molecular weight excluding hydrogens is 204 g/mol. The normalized spacial score (nSPS) is 14.9. The molecule has 1 unspecified atom stereocenters. The molecule has 0 aliphatic rings. The minimum absolute atomic E-state index is 0.156. The molecule has 4 heteroatoms. The first-order valence-corrected chi connectivity index (χ1v) is 6.04. The van der Waals surface area contributed by atoms with Crippen molar-refractivity contribution in [2.75, 3.05) is 33.8 Å². The molecule has 0 heterocycles. The van der Waals surface area contributed by atoms with Crippen LogP contribution in [0.1, 0.15) is 33.6 Å². The molecule has 0 saturated heterocycles. The molecule has 0 aliphatic heterocycles. The highest BCUT2D eigenvalue weighted by Crippen LogP contribution is 2.14. The average molecular weight is 230 g/mol. The lowest BCUT2D eigenvalue weighted by Gasteiger charge is -2.27. The Kier molecular flexibility index (Phi) is 7.34. The fourth-order valence-corrected chi connectivity index (χ4v) is 1.48. The molecule has 0 spiro atoms. The van der Waals surface area contributed by atoms with Crippen LogP contribution in [0, 0.1) is 0 Å². The number of rotatable bonds is 8. The van der Waals surface area contributed by atoms with Gasteiger partial charge in [-0.1, -0.05) is 6.92 Å². The van der Waals surface area contributed by atoms with Crippen molar-refractivity contribution in [3.63, 3.8) is 0 Å². The van der Waals surface area contributed by atoms with Crippen molar-refractivity contribution in [2.24, 2.45) is 0 Å². The summed E-state index contributed by atoms with van der Waals surface area (Å²) < 4.78 is 5.07. The maximum atomic E-state index is 11.7. The van der Waals surface area contributed by atoms with Crippen molar-refractivity contribution in [1.82, 2.24) is 10.2 Å². The molecule has 0 radical (unpaired) electrons. The van der Waals surface area contributed by atoms with Crippen molar-refractivity contribution < 1.29 is 9.53 Å². The van der Waals surface area contributed by atoms with Gasteiger partial charge in [-0.2, -0.15) is 0 Å². The van der Waals surface area contributed by atoms with Gasteiger partial charge in [-0.25, -0.2) is 0 Å². The van der Waals surface area contributed by atoms with Gasteiger partial charge in [0.25, 0.3) is 0 Å². The highest BCUT2D eigenvalue weighted by atomic mass is 16.5. The first kappa shape index (κ1) is 15.4. The summed E-state index contributed by atoms with van der Waals surface area (Å²) in [5, 5.41) is 3.06. The van der Waals surface area contributed by atoms with Gasteiger partial charge in [0.2, 0.25) is 0 Å². The monoisotopic (exact) mass is 230 g/mol. The third kappa shape index (κ3) is 4.94. The van der Waals surface area contributed by atoms with Crippen LogP contribution in [0.3, 0.4) is 0 Å². The minimum Gasteiger partial charge on any atom is -0.465 e. The van der Waals surface area contributed by atoms with Gasteiger partial charge in [-0.3, -0.25) is 4.79 Å². The molecule has 16 heavy (non-hydrogen) atoms. The summed E-state index contributed by atoms with van der Waals surface area (Å²) >= 11 is 0.